The average molecular weight is 465 g/mol. The molecule has 4 rings (SSSR count). The zero-order valence-corrected chi connectivity index (χ0v) is 20.2. The molecule has 2 aromatic carbocycles. The first-order valence-electron chi connectivity index (χ1n) is 12.4. The monoisotopic (exact) mass is 464 g/mol. The number of phenolic OH excluding ortho intramolecular Hbond substituents is 1. The number of carboxylic acid groups (broad SMARTS) is 1. The lowest BCUT2D eigenvalue weighted by Gasteiger charge is -2.46. The maximum Gasteiger partial charge on any atom is 0.326 e. The molecule has 6 nitrogen and oxygen atoms in total. The number of carboxylic acids is 1. The number of carbonyl (C=O) groups is 2. The number of piperidine rings is 1. The zero-order chi connectivity index (χ0) is 24.3. The fraction of sp³-hybridized carbons (Fsp3) is 0.500. The van der Waals surface area contributed by atoms with Crippen LogP contribution in [-0.2, 0) is 21.4 Å². The lowest BCUT2D eigenvalue weighted by Crippen LogP contribution is -2.51. The van der Waals surface area contributed by atoms with Crippen molar-refractivity contribution in [2.75, 3.05) is 26.2 Å². The summed E-state index contributed by atoms with van der Waals surface area (Å²) in [6.07, 6.45) is 2.81. The fourth-order valence-electron chi connectivity index (χ4n) is 5.73. The topological polar surface area (TPSA) is 81.1 Å². The van der Waals surface area contributed by atoms with Crippen molar-refractivity contribution in [3.63, 3.8) is 0 Å². The number of aliphatic carboxylic acids is 1. The standard InChI is InChI=1S/C28H36N2O4/c1-20-18-29(15-13-28(20,2)23-10-6-11-24(31)17-23)19-22(16-21-8-4-3-5-9-21)26(32)30-14-7-12-25(30)27(33)34/h3-6,8-11,17,20,22,25,31H,7,12-16,18-19H2,1-2H3,(H,33,34)/t20-,22-,25+,28+/m0/s1. The predicted molar refractivity (Wildman–Crippen MR) is 132 cm³/mol. The van der Waals surface area contributed by atoms with Crippen molar-refractivity contribution in [1.29, 1.82) is 0 Å². The van der Waals surface area contributed by atoms with Crippen molar-refractivity contribution < 1.29 is 19.8 Å². The summed E-state index contributed by atoms with van der Waals surface area (Å²) < 4.78 is 0. The third kappa shape index (κ3) is 5.12. The molecule has 0 radical (unpaired) electrons. The number of hydrogen-bond donors (Lipinski definition) is 2. The Morgan fingerprint density at radius 2 is 1.88 bits per heavy atom. The van der Waals surface area contributed by atoms with Gasteiger partial charge in [0.05, 0.1) is 5.92 Å². The van der Waals surface area contributed by atoms with Crippen molar-refractivity contribution in [1.82, 2.24) is 9.80 Å². The van der Waals surface area contributed by atoms with Crippen LogP contribution in [0.4, 0.5) is 0 Å². The van der Waals surface area contributed by atoms with Gasteiger partial charge in [-0.05, 0) is 66.8 Å². The molecule has 0 unspecified atom stereocenters. The molecule has 2 saturated heterocycles. The first kappa shape index (κ1) is 24.3. The Hall–Kier alpha value is -2.86. The molecule has 0 aromatic heterocycles. The molecule has 2 aromatic rings. The maximum absolute atomic E-state index is 13.6. The molecule has 34 heavy (non-hydrogen) atoms. The van der Waals surface area contributed by atoms with Gasteiger partial charge in [-0.3, -0.25) is 4.79 Å². The summed E-state index contributed by atoms with van der Waals surface area (Å²) >= 11 is 0. The molecule has 2 N–H and O–H groups in total. The van der Waals surface area contributed by atoms with Gasteiger partial charge < -0.3 is 20.0 Å². The van der Waals surface area contributed by atoms with E-state index >= 15 is 0 Å². The Bertz CT molecular complexity index is 1010. The van der Waals surface area contributed by atoms with Gasteiger partial charge in [0.15, 0.2) is 0 Å². The Labute approximate surface area is 202 Å². The van der Waals surface area contributed by atoms with Crippen LogP contribution in [0.2, 0.25) is 0 Å². The molecule has 182 valence electrons. The number of likely N-dealkylation sites (tertiary alicyclic amines) is 2. The lowest BCUT2D eigenvalue weighted by atomic mass is 9.68. The number of amides is 1. The van der Waals surface area contributed by atoms with E-state index in [9.17, 15) is 19.8 Å². The Balaban J connectivity index is 1.50. The molecule has 0 saturated carbocycles. The first-order valence-corrected chi connectivity index (χ1v) is 12.4. The van der Waals surface area contributed by atoms with E-state index in [-0.39, 0.29) is 17.2 Å². The van der Waals surface area contributed by atoms with Crippen LogP contribution in [0.5, 0.6) is 5.75 Å². The smallest absolute Gasteiger partial charge is 0.326 e. The highest BCUT2D eigenvalue weighted by Gasteiger charge is 2.41. The normalized spacial score (nSPS) is 26.4. The number of benzene rings is 2. The van der Waals surface area contributed by atoms with Gasteiger partial charge in [-0.2, -0.15) is 0 Å². The molecule has 2 aliphatic heterocycles. The first-order chi connectivity index (χ1) is 16.3. The van der Waals surface area contributed by atoms with Crippen molar-refractivity contribution in [3.05, 3.63) is 65.7 Å². The second-order valence-corrected chi connectivity index (χ2v) is 10.3. The minimum atomic E-state index is -0.905. The Kier molecular flexibility index (Phi) is 7.27. The maximum atomic E-state index is 13.6. The second kappa shape index (κ2) is 10.2. The summed E-state index contributed by atoms with van der Waals surface area (Å²) in [4.78, 5) is 29.3. The molecular weight excluding hydrogens is 428 g/mol. The van der Waals surface area contributed by atoms with Crippen LogP contribution in [0.3, 0.4) is 0 Å². The van der Waals surface area contributed by atoms with Crippen LogP contribution < -0.4 is 0 Å². The summed E-state index contributed by atoms with van der Waals surface area (Å²) in [6, 6.07) is 16.9. The van der Waals surface area contributed by atoms with Gasteiger partial charge in [0.25, 0.3) is 0 Å². The molecule has 2 fully saturated rings. The van der Waals surface area contributed by atoms with Gasteiger partial charge in [0.2, 0.25) is 5.91 Å². The van der Waals surface area contributed by atoms with Gasteiger partial charge in [-0.1, -0.05) is 56.3 Å². The SMILES string of the molecule is C[C@H]1CN(C[C@H](Cc2ccccc2)C(=O)N2CCC[C@@H]2C(=O)O)CC[C@@]1(C)c1cccc(O)c1. The molecule has 6 heteroatoms. The van der Waals surface area contributed by atoms with E-state index in [0.717, 1.165) is 37.1 Å². The van der Waals surface area contributed by atoms with Crippen LogP contribution in [-0.4, -0.2) is 64.1 Å². The van der Waals surface area contributed by atoms with E-state index in [1.54, 1.807) is 11.0 Å². The van der Waals surface area contributed by atoms with E-state index in [2.05, 4.69) is 24.8 Å². The third-order valence-corrected chi connectivity index (χ3v) is 8.05. The van der Waals surface area contributed by atoms with Crippen molar-refractivity contribution in [2.24, 2.45) is 11.8 Å². The van der Waals surface area contributed by atoms with Crippen molar-refractivity contribution >= 4 is 11.9 Å². The van der Waals surface area contributed by atoms with Gasteiger partial charge in [0, 0.05) is 19.6 Å². The fourth-order valence-corrected chi connectivity index (χ4v) is 5.73. The van der Waals surface area contributed by atoms with E-state index < -0.39 is 12.0 Å². The van der Waals surface area contributed by atoms with E-state index in [0.29, 0.717) is 37.6 Å². The Morgan fingerprint density at radius 1 is 1.12 bits per heavy atom. The molecule has 2 aliphatic rings. The van der Waals surface area contributed by atoms with Crippen LogP contribution in [0.25, 0.3) is 0 Å². The molecule has 1 amide bonds. The summed E-state index contributed by atoms with van der Waals surface area (Å²) in [5.41, 5.74) is 2.21. The molecule has 0 bridgehead atoms. The minimum Gasteiger partial charge on any atom is -0.508 e. The van der Waals surface area contributed by atoms with Crippen LogP contribution in [0.1, 0.15) is 44.2 Å². The van der Waals surface area contributed by atoms with Gasteiger partial charge in [-0.25, -0.2) is 4.79 Å². The van der Waals surface area contributed by atoms with Crippen LogP contribution in [0, 0.1) is 11.8 Å². The third-order valence-electron chi connectivity index (χ3n) is 8.05. The minimum absolute atomic E-state index is 0.0391. The predicted octanol–water partition coefficient (Wildman–Crippen LogP) is 3.93. The van der Waals surface area contributed by atoms with Gasteiger partial charge >= 0.3 is 5.97 Å². The highest BCUT2D eigenvalue weighted by molar-refractivity contribution is 5.86. The van der Waals surface area contributed by atoms with Crippen LogP contribution >= 0.6 is 0 Å². The number of nitrogens with zero attached hydrogens (tertiary/aromatic N) is 2. The van der Waals surface area contributed by atoms with Gasteiger partial charge in [-0.15, -0.1) is 0 Å². The quantitative estimate of drug-likeness (QED) is 0.649. The molecular formula is C28H36N2O4. The number of hydrogen-bond acceptors (Lipinski definition) is 4. The summed E-state index contributed by atoms with van der Waals surface area (Å²) in [7, 11) is 0. The molecule has 4 atom stereocenters. The van der Waals surface area contributed by atoms with E-state index in [1.807, 2.05) is 42.5 Å². The molecule has 0 aliphatic carbocycles. The average Bonchev–Trinajstić information content (AvgIpc) is 3.32. The number of rotatable bonds is 7. The highest BCUT2D eigenvalue weighted by Crippen LogP contribution is 2.40. The largest absolute Gasteiger partial charge is 0.508 e. The highest BCUT2D eigenvalue weighted by atomic mass is 16.4. The van der Waals surface area contributed by atoms with E-state index in [4.69, 9.17) is 0 Å². The number of carbonyl (C=O) groups excluding carboxylic acids is 1. The zero-order valence-electron chi connectivity index (χ0n) is 20.2. The van der Waals surface area contributed by atoms with Crippen LogP contribution in [0.15, 0.2) is 54.6 Å². The molecule has 2 heterocycles. The summed E-state index contributed by atoms with van der Waals surface area (Å²) in [5.74, 6) is -0.588. The van der Waals surface area contributed by atoms with Crippen molar-refractivity contribution in [3.8, 4) is 5.75 Å². The Morgan fingerprint density at radius 3 is 2.56 bits per heavy atom. The van der Waals surface area contributed by atoms with E-state index in [1.165, 1.54) is 0 Å². The molecule has 0 spiro atoms. The number of aromatic hydroxyl groups is 1. The number of phenols is 1. The van der Waals surface area contributed by atoms with Gasteiger partial charge in [0.1, 0.15) is 11.8 Å². The van der Waals surface area contributed by atoms with Crippen molar-refractivity contribution in [2.45, 2.75) is 51.0 Å². The summed E-state index contributed by atoms with van der Waals surface area (Å²) in [6.45, 7) is 7.36. The summed E-state index contributed by atoms with van der Waals surface area (Å²) in [5, 5.41) is 19.6. The second-order valence-electron chi connectivity index (χ2n) is 10.3. The lowest BCUT2D eigenvalue weighted by molar-refractivity contribution is -0.150.